The summed E-state index contributed by atoms with van der Waals surface area (Å²) in [7, 11) is 0. The fourth-order valence-corrected chi connectivity index (χ4v) is 5.18. The quantitative estimate of drug-likeness (QED) is 0.764. The summed E-state index contributed by atoms with van der Waals surface area (Å²) in [5, 5.41) is 6.56. The number of ether oxygens (including phenoxy) is 1. The van der Waals surface area contributed by atoms with E-state index in [0.717, 1.165) is 39.1 Å². The Morgan fingerprint density at radius 2 is 1.87 bits per heavy atom. The van der Waals surface area contributed by atoms with Crippen molar-refractivity contribution in [2.24, 2.45) is 5.41 Å². The molecule has 0 aliphatic carbocycles. The van der Waals surface area contributed by atoms with E-state index in [1.807, 2.05) is 0 Å². The molecule has 2 spiro atoms. The van der Waals surface area contributed by atoms with E-state index in [4.69, 9.17) is 4.74 Å². The number of hydrogen-bond donors (Lipinski definition) is 2. The molecule has 2 N–H and O–H groups in total. The number of carbonyl (C=O) groups excluding carboxylic acids is 1. The Balaban J connectivity index is 1.34. The standard InChI is InChI=1S/C18H31N3O2/c22-16-1-3-17(14-20-16)6-10-21(11-7-17)15-2-12-23-18(13-15)4-8-19-9-5-18/h15,19H,1-14H2,(H,20,22). The second-order valence-electron chi connectivity index (χ2n) is 8.24. The SMILES string of the molecule is O=C1CCC2(CCN(C3CCOC4(CCNCC4)C3)CC2)CN1. The van der Waals surface area contributed by atoms with E-state index < -0.39 is 0 Å². The molecule has 0 aromatic carbocycles. The van der Waals surface area contributed by atoms with Crippen molar-refractivity contribution >= 4 is 5.91 Å². The van der Waals surface area contributed by atoms with Crippen LogP contribution in [0.15, 0.2) is 0 Å². The van der Waals surface area contributed by atoms with Gasteiger partial charge < -0.3 is 20.3 Å². The van der Waals surface area contributed by atoms with E-state index >= 15 is 0 Å². The maximum Gasteiger partial charge on any atom is 0.220 e. The number of likely N-dealkylation sites (tertiary alicyclic amines) is 1. The molecule has 1 atom stereocenters. The topological polar surface area (TPSA) is 53.6 Å². The van der Waals surface area contributed by atoms with Gasteiger partial charge in [0.15, 0.2) is 0 Å². The van der Waals surface area contributed by atoms with Gasteiger partial charge in [-0.2, -0.15) is 0 Å². The predicted molar refractivity (Wildman–Crippen MR) is 89.3 cm³/mol. The van der Waals surface area contributed by atoms with Crippen LogP contribution in [0.4, 0.5) is 0 Å². The molecule has 5 nitrogen and oxygen atoms in total. The van der Waals surface area contributed by atoms with Crippen molar-refractivity contribution in [2.45, 2.75) is 63.0 Å². The van der Waals surface area contributed by atoms with Crippen LogP contribution >= 0.6 is 0 Å². The molecule has 4 fully saturated rings. The maximum absolute atomic E-state index is 11.4. The molecule has 0 saturated carbocycles. The second-order valence-corrected chi connectivity index (χ2v) is 8.24. The van der Waals surface area contributed by atoms with Crippen molar-refractivity contribution in [3.05, 3.63) is 0 Å². The molecule has 4 aliphatic rings. The molecule has 1 amide bonds. The van der Waals surface area contributed by atoms with E-state index in [0.29, 0.717) is 11.5 Å². The minimum atomic E-state index is 0.155. The lowest BCUT2D eigenvalue weighted by Crippen LogP contribution is -2.56. The summed E-state index contributed by atoms with van der Waals surface area (Å²) in [6.45, 7) is 6.46. The number of piperidine rings is 3. The van der Waals surface area contributed by atoms with Gasteiger partial charge in [0.05, 0.1) is 5.60 Å². The number of nitrogens with one attached hydrogen (secondary N) is 2. The molecule has 0 aromatic rings. The van der Waals surface area contributed by atoms with E-state index in [1.54, 1.807) is 0 Å². The number of carbonyl (C=O) groups is 1. The van der Waals surface area contributed by atoms with Crippen LogP contribution in [0.25, 0.3) is 0 Å². The van der Waals surface area contributed by atoms with Gasteiger partial charge in [0.25, 0.3) is 0 Å². The largest absolute Gasteiger partial charge is 0.375 e. The molecule has 23 heavy (non-hydrogen) atoms. The van der Waals surface area contributed by atoms with Crippen LogP contribution in [0.1, 0.15) is 51.4 Å². The zero-order valence-electron chi connectivity index (χ0n) is 14.2. The lowest BCUT2D eigenvalue weighted by atomic mass is 9.72. The molecule has 4 rings (SSSR count). The fraction of sp³-hybridized carbons (Fsp3) is 0.944. The van der Waals surface area contributed by atoms with Crippen molar-refractivity contribution < 1.29 is 9.53 Å². The summed E-state index contributed by atoms with van der Waals surface area (Å²) in [6, 6.07) is 0.706. The first-order valence-corrected chi connectivity index (χ1v) is 9.54. The zero-order valence-corrected chi connectivity index (χ0v) is 14.2. The van der Waals surface area contributed by atoms with Gasteiger partial charge in [-0.15, -0.1) is 0 Å². The molecule has 0 bridgehead atoms. The van der Waals surface area contributed by atoms with Gasteiger partial charge in [-0.3, -0.25) is 4.79 Å². The summed E-state index contributed by atoms with van der Waals surface area (Å²) >= 11 is 0. The first-order valence-electron chi connectivity index (χ1n) is 9.54. The van der Waals surface area contributed by atoms with Crippen LogP contribution in [0.5, 0.6) is 0 Å². The van der Waals surface area contributed by atoms with Crippen LogP contribution in [-0.2, 0) is 9.53 Å². The molecule has 1 unspecified atom stereocenters. The zero-order chi connectivity index (χ0) is 15.8. The van der Waals surface area contributed by atoms with Crippen molar-refractivity contribution in [1.29, 1.82) is 0 Å². The molecule has 4 heterocycles. The Bertz CT molecular complexity index is 422. The first-order chi connectivity index (χ1) is 11.2. The highest BCUT2D eigenvalue weighted by molar-refractivity contribution is 5.76. The average molecular weight is 321 g/mol. The van der Waals surface area contributed by atoms with Gasteiger partial charge in [-0.25, -0.2) is 0 Å². The number of rotatable bonds is 1. The Morgan fingerprint density at radius 3 is 2.57 bits per heavy atom. The fourth-order valence-electron chi connectivity index (χ4n) is 5.18. The second kappa shape index (κ2) is 6.34. The number of hydrogen-bond acceptors (Lipinski definition) is 4. The molecule has 4 saturated heterocycles. The van der Waals surface area contributed by atoms with Crippen molar-refractivity contribution in [3.8, 4) is 0 Å². The third kappa shape index (κ3) is 3.28. The van der Waals surface area contributed by atoms with Crippen molar-refractivity contribution in [3.63, 3.8) is 0 Å². The van der Waals surface area contributed by atoms with Gasteiger partial charge >= 0.3 is 0 Å². The molecule has 4 aliphatic heterocycles. The summed E-state index contributed by atoms with van der Waals surface area (Å²) in [5.41, 5.74) is 0.546. The van der Waals surface area contributed by atoms with Crippen molar-refractivity contribution in [1.82, 2.24) is 15.5 Å². The van der Waals surface area contributed by atoms with Crippen LogP contribution in [-0.4, -0.2) is 61.8 Å². The highest BCUT2D eigenvalue weighted by Gasteiger charge is 2.43. The highest BCUT2D eigenvalue weighted by atomic mass is 16.5. The molecule has 130 valence electrons. The van der Waals surface area contributed by atoms with E-state index in [-0.39, 0.29) is 11.5 Å². The summed E-state index contributed by atoms with van der Waals surface area (Å²) in [6.07, 6.45) is 9.08. The normalized spacial score (nSPS) is 34.4. The molecular formula is C18H31N3O2. The number of nitrogens with zero attached hydrogens (tertiary/aromatic N) is 1. The van der Waals surface area contributed by atoms with E-state index in [2.05, 4.69) is 15.5 Å². The number of amides is 1. The highest BCUT2D eigenvalue weighted by Crippen LogP contribution is 2.41. The van der Waals surface area contributed by atoms with Gasteiger partial charge in [-0.1, -0.05) is 0 Å². The predicted octanol–water partition coefficient (Wildman–Crippen LogP) is 1.28. The average Bonchev–Trinajstić information content (AvgIpc) is 2.59. The van der Waals surface area contributed by atoms with Crippen LogP contribution in [0.2, 0.25) is 0 Å². The Kier molecular flexibility index (Phi) is 4.37. The van der Waals surface area contributed by atoms with Gasteiger partial charge in [0, 0.05) is 25.6 Å². The molecular weight excluding hydrogens is 290 g/mol. The van der Waals surface area contributed by atoms with Crippen LogP contribution in [0.3, 0.4) is 0 Å². The Labute approximate surface area is 139 Å². The molecule has 0 aromatic heterocycles. The van der Waals surface area contributed by atoms with Crippen molar-refractivity contribution in [2.75, 3.05) is 39.3 Å². The minimum Gasteiger partial charge on any atom is -0.375 e. The van der Waals surface area contributed by atoms with E-state index in [9.17, 15) is 4.79 Å². The molecule has 5 heteroatoms. The lowest BCUT2D eigenvalue weighted by Gasteiger charge is -2.50. The Morgan fingerprint density at radius 1 is 1.09 bits per heavy atom. The first kappa shape index (κ1) is 15.9. The molecule has 0 radical (unpaired) electrons. The van der Waals surface area contributed by atoms with Gasteiger partial charge in [-0.05, 0) is 76.5 Å². The van der Waals surface area contributed by atoms with Gasteiger partial charge in [0.1, 0.15) is 0 Å². The minimum absolute atomic E-state index is 0.155. The third-order valence-corrected chi connectivity index (χ3v) is 6.90. The lowest BCUT2D eigenvalue weighted by molar-refractivity contribution is -0.130. The van der Waals surface area contributed by atoms with Crippen LogP contribution in [0, 0.1) is 5.41 Å². The van der Waals surface area contributed by atoms with E-state index in [1.165, 1.54) is 51.6 Å². The summed E-state index contributed by atoms with van der Waals surface area (Å²) in [5.74, 6) is 0.246. The smallest absolute Gasteiger partial charge is 0.220 e. The Hall–Kier alpha value is -0.650. The van der Waals surface area contributed by atoms with Crippen LogP contribution < -0.4 is 10.6 Å². The summed E-state index contributed by atoms with van der Waals surface area (Å²) in [4.78, 5) is 14.2. The third-order valence-electron chi connectivity index (χ3n) is 6.90. The van der Waals surface area contributed by atoms with Gasteiger partial charge in [0.2, 0.25) is 5.91 Å². The summed E-state index contributed by atoms with van der Waals surface area (Å²) < 4.78 is 6.23. The maximum atomic E-state index is 11.4. The monoisotopic (exact) mass is 321 g/mol.